The molecule has 0 aliphatic rings. The summed E-state index contributed by atoms with van der Waals surface area (Å²) in [6, 6.07) is 0. The molecular weight excluding hydrogens is 452 g/mol. The van der Waals surface area contributed by atoms with Crippen LogP contribution in [0.15, 0.2) is 0 Å². The van der Waals surface area contributed by atoms with Crippen LogP contribution in [0.25, 0.3) is 0 Å². The number of hydrogen-bond donors (Lipinski definition) is 3. The van der Waals surface area contributed by atoms with E-state index in [2.05, 4.69) is 20.1 Å². The summed E-state index contributed by atoms with van der Waals surface area (Å²) in [6.45, 7) is -4.92. The van der Waals surface area contributed by atoms with Crippen molar-refractivity contribution in [1.82, 2.24) is 0 Å². The number of hydrogen-bond acceptors (Lipinski definition) is 10. The molecule has 0 spiro atoms. The highest BCUT2D eigenvalue weighted by molar-refractivity contribution is 4.82. The minimum Gasteiger partial charge on any atom is -0.394 e. The standard InChI is InChI=1S/C18H30F4O10/c1-2-4-26-8-16(25)11-30-12-17(19,20)32-18(21,22)13-31-14-29-7-6-28-10-15(24)9-27-5-3-23/h1,15-16,23-25H,3-14H2. The highest BCUT2D eigenvalue weighted by Gasteiger charge is 2.44. The fourth-order valence-electron chi connectivity index (χ4n) is 1.84. The molecule has 0 radical (unpaired) electrons. The van der Waals surface area contributed by atoms with Gasteiger partial charge >= 0.3 is 12.2 Å². The van der Waals surface area contributed by atoms with Crippen LogP contribution in [-0.4, -0.2) is 119 Å². The molecule has 190 valence electrons. The third kappa shape index (κ3) is 19.6. The maximum absolute atomic E-state index is 13.5. The molecule has 0 fully saturated rings. The molecule has 0 saturated heterocycles. The third-order valence-electron chi connectivity index (χ3n) is 3.04. The number of rotatable bonds is 22. The van der Waals surface area contributed by atoms with Gasteiger partial charge in [0, 0.05) is 0 Å². The average molecular weight is 482 g/mol. The van der Waals surface area contributed by atoms with Crippen molar-refractivity contribution in [3.05, 3.63) is 0 Å². The zero-order valence-electron chi connectivity index (χ0n) is 17.4. The molecule has 3 N–H and O–H groups in total. The van der Waals surface area contributed by atoms with Gasteiger partial charge in [0.2, 0.25) is 0 Å². The van der Waals surface area contributed by atoms with Crippen LogP contribution in [0, 0.1) is 12.3 Å². The van der Waals surface area contributed by atoms with E-state index in [4.69, 9.17) is 30.5 Å². The second-order valence-corrected chi connectivity index (χ2v) is 6.17. The summed E-state index contributed by atoms with van der Waals surface area (Å²) in [6.07, 6.45) is -5.95. The lowest BCUT2D eigenvalue weighted by atomic mass is 10.4. The van der Waals surface area contributed by atoms with Crippen molar-refractivity contribution in [2.45, 2.75) is 24.4 Å². The van der Waals surface area contributed by atoms with Crippen molar-refractivity contribution in [3.63, 3.8) is 0 Å². The van der Waals surface area contributed by atoms with E-state index in [-0.39, 0.29) is 52.9 Å². The summed E-state index contributed by atoms with van der Waals surface area (Å²) in [7, 11) is 0. The normalized spacial score (nSPS) is 14.3. The molecule has 2 atom stereocenters. The van der Waals surface area contributed by atoms with Crippen LogP contribution in [0.5, 0.6) is 0 Å². The minimum atomic E-state index is -4.34. The first kappa shape index (κ1) is 30.9. The van der Waals surface area contributed by atoms with Crippen LogP contribution in [0.2, 0.25) is 0 Å². The predicted octanol–water partition coefficient (Wildman–Crippen LogP) is -0.407. The molecule has 0 heterocycles. The quantitative estimate of drug-likeness (QED) is 0.0812. The van der Waals surface area contributed by atoms with Crippen LogP contribution in [-0.2, 0) is 33.2 Å². The Bertz CT molecular complexity index is 493. The Morgan fingerprint density at radius 3 is 1.81 bits per heavy atom. The molecule has 0 aromatic heterocycles. The van der Waals surface area contributed by atoms with Gasteiger partial charge in [-0.05, 0) is 0 Å². The van der Waals surface area contributed by atoms with E-state index in [0.717, 1.165) is 0 Å². The summed E-state index contributed by atoms with van der Waals surface area (Å²) in [4.78, 5) is 0. The second kappa shape index (κ2) is 18.3. The molecule has 0 aromatic carbocycles. The first-order valence-corrected chi connectivity index (χ1v) is 9.44. The van der Waals surface area contributed by atoms with Gasteiger partial charge in [-0.1, -0.05) is 5.92 Å². The van der Waals surface area contributed by atoms with E-state index in [1.807, 2.05) is 0 Å². The van der Waals surface area contributed by atoms with Crippen molar-refractivity contribution < 1.29 is 66.0 Å². The van der Waals surface area contributed by atoms with Crippen LogP contribution in [0.1, 0.15) is 0 Å². The number of alkyl halides is 4. The van der Waals surface area contributed by atoms with Gasteiger partial charge in [-0.15, -0.1) is 6.42 Å². The summed E-state index contributed by atoms with van der Waals surface area (Å²) in [5.74, 6) is 2.13. The monoisotopic (exact) mass is 482 g/mol. The highest BCUT2D eigenvalue weighted by atomic mass is 19.3. The fraction of sp³-hybridized carbons (Fsp3) is 0.889. The lowest BCUT2D eigenvalue weighted by Gasteiger charge is -2.24. The van der Waals surface area contributed by atoms with Crippen molar-refractivity contribution >= 4 is 0 Å². The lowest BCUT2D eigenvalue weighted by molar-refractivity contribution is -0.396. The third-order valence-corrected chi connectivity index (χ3v) is 3.04. The van der Waals surface area contributed by atoms with Gasteiger partial charge in [0.1, 0.15) is 38.8 Å². The second-order valence-electron chi connectivity index (χ2n) is 6.17. The fourth-order valence-corrected chi connectivity index (χ4v) is 1.84. The Morgan fingerprint density at radius 2 is 1.22 bits per heavy atom. The van der Waals surface area contributed by atoms with Crippen LogP contribution >= 0.6 is 0 Å². The van der Waals surface area contributed by atoms with Gasteiger partial charge in [-0.25, -0.2) is 0 Å². The van der Waals surface area contributed by atoms with E-state index in [1.54, 1.807) is 0 Å². The molecule has 0 aliphatic heterocycles. The maximum atomic E-state index is 13.5. The Morgan fingerprint density at radius 1 is 0.719 bits per heavy atom. The Hall–Kier alpha value is -1.12. The summed E-state index contributed by atoms with van der Waals surface area (Å²) >= 11 is 0. The maximum Gasteiger partial charge on any atom is 0.383 e. The van der Waals surface area contributed by atoms with Gasteiger partial charge in [-0.2, -0.15) is 17.6 Å². The number of aliphatic hydroxyl groups excluding tert-OH is 3. The molecule has 0 amide bonds. The smallest absolute Gasteiger partial charge is 0.383 e. The molecule has 0 bridgehead atoms. The largest absolute Gasteiger partial charge is 0.394 e. The Balaban J connectivity index is 3.82. The van der Waals surface area contributed by atoms with E-state index >= 15 is 0 Å². The zero-order valence-corrected chi connectivity index (χ0v) is 17.4. The van der Waals surface area contributed by atoms with E-state index in [9.17, 15) is 27.8 Å². The Labute approximate surface area is 183 Å². The molecule has 2 unspecified atom stereocenters. The molecule has 0 rings (SSSR count). The van der Waals surface area contributed by atoms with Crippen molar-refractivity contribution in [2.75, 3.05) is 79.5 Å². The SMILES string of the molecule is C#CCOCC(O)COCC(F)(F)OC(F)(F)COCOCCOCC(O)COCCO. The minimum absolute atomic E-state index is 0.00233. The molecule has 14 heteroatoms. The number of halogens is 4. The molecule has 0 aliphatic carbocycles. The van der Waals surface area contributed by atoms with E-state index < -0.39 is 51.0 Å². The number of aliphatic hydroxyl groups is 3. The number of ether oxygens (including phenoxy) is 7. The van der Waals surface area contributed by atoms with Crippen LogP contribution in [0.3, 0.4) is 0 Å². The van der Waals surface area contributed by atoms with Gasteiger partial charge < -0.3 is 43.7 Å². The van der Waals surface area contributed by atoms with Crippen LogP contribution in [0.4, 0.5) is 17.6 Å². The predicted molar refractivity (Wildman–Crippen MR) is 99.0 cm³/mol. The number of terminal acetylenes is 1. The van der Waals surface area contributed by atoms with Crippen LogP contribution < -0.4 is 0 Å². The summed E-state index contributed by atoms with van der Waals surface area (Å²) < 4.78 is 85.6. The zero-order chi connectivity index (χ0) is 24.3. The van der Waals surface area contributed by atoms with Crippen molar-refractivity contribution in [2.24, 2.45) is 0 Å². The molecule has 0 saturated carbocycles. The molecular formula is C18H30F4O10. The van der Waals surface area contributed by atoms with Crippen molar-refractivity contribution in [1.29, 1.82) is 0 Å². The average Bonchev–Trinajstić information content (AvgIpc) is 2.69. The van der Waals surface area contributed by atoms with Crippen molar-refractivity contribution in [3.8, 4) is 12.3 Å². The van der Waals surface area contributed by atoms with Gasteiger partial charge in [0.05, 0.1) is 52.9 Å². The van der Waals surface area contributed by atoms with Gasteiger partial charge in [-0.3, -0.25) is 4.74 Å². The van der Waals surface area contributed by atoms with E-state index in [1.165, 1.54) is 0 Å². The first-order chi connectivity index (χ1) is 15.1. The van der Waals surface area contributed by atoms with Gasteiger partial charge in [0.25, 0.3) is 0 Å². The molecule has 10 nitrogen and oxygen atoms in total. The first-order valence-electron chi connectivity index (χ1n) is 9.44. The van der Waals surface area contributed by atoms with Gasteiger partial charge in [0.15, 0.2) is 0 Å². The topological polar surface area (TPSA) is 125 Å². The molecule has 32 heavy (non-hydrogen) atoms. The lowest BCUT2D eigenvalue weighted by Crippen LogP contribution is -2.40. The molecule has 0 aromatic rings. The summed E-state index contributed by atoms with van der Waals surface area (Å²) in [5, 5.41) is 27.3. The Kier molecular flexibility index (Phi) is 17.7. The summed E-state index contributed by atoms with van der Waals surface area (Å²) in [5.41, 5.74) is 0. The van der Waals surface area contributed by atoms with E-state index in [0.29, 0.717) is 0 Å². The highest BCUT2D eigenvalue weighted by Crippen LogP contribution is 2.27.